The summed E-state index contributed by atoms with van der Waals surface area (Å²) >= 11 is 0. The number of rotatable bonds is 4. The molecule has 1 N–H and O–H groups in total. The lowest BCUT2D eigenvalue weighted by molar-refractivity contribution is -0.132. The van der Waals surface area contributed by atoms with Crippen LogP contribution in [-0.2, 0) is 14.3 Å². The molecule has 0 aromatic carbocycles. The van der Waals surface area contributed by atoms with Crippen LogP contribution in [-0.4, -0.2) is 50.6 Å². The first-order valence-electron chi connectivity index (χ1n) is 5.99. The van der Waals surface area contributed by atoms with Gasteiger partial charge in [-0.3, -0.25) is 9.59 Å². The smallest absolute Gasteiger partial charge is 0.240 e. The van der Waals surface area contributed by atoms with Crippen LogP contribution in [0.2, 0.25) is 0 Å². The van der Waals surface area contributed by atoms with Gasteiger partial charge in [-0.15, -0.1) is 0 Å². The van der Waals surface area contributed by atoms with Crippen molar-refractivity contribution < 1.29 is 14.3 Å². The number of carbonyl (C=O) groups excluding carboxylic acids is 2. The van der Waals surface area contributed by atoms with Gasteiger partial charge < -0.3 is 15.0 Å². The van der Waals surface area contributed by atoms with Crippen molar-refractivity contribution in [2.75, 3.05) is 33.9 Å². The highest BCUT2D eigenvalue weighted by atomic mass is 16.5. The molecule has 6 nitrogen and oxygen atoms in total. The summed E-state index contributed by atoms with van der Waals surface area (Å²) in [5, 5.41) is 11.8. The lowest BCUT2D eigenvalue weighted by Gasteiger charge is -2.29. The first kappa shape index (κ1) is 14.5. The second-order valence-corrected chi connectivity index (χ2v) is 4.60. The fraction of sp³-hybridized carbons (Fsp3) is 0.750. The largest absolute Gasteiger partial charge is 0.381 e. The van der Waals surface area contributed by atoms with Crippen molar-refractivity contribution in [3.63, 3.8) is 0 Å². The number of nitrogens with zero attached hydrogens (tertiary/aromatic N) is 2. The van der Waals surface area contributed by atoms with Crippen molar-refractivity contribution in [1.29, 1.82) is 5.26 Å². The molecule has 1 fully saturated rings. The SMILES string of the molecule is CN(C)C(=O)CCNC(=O)C1(C#N)CCOCC1. The van der Waals surface area contributed by atoms with Crippen LogP contribution in [0.15, 0.2) is 0 Å². The van der Waals surface area contributed by atoms with E-state index in [4.69, 9.17) is 10.00 Å². The second kappa shape index (κ2) is 6.36. The molecule has 0 aromatic rings. The predicted molar refractivity (Wildman–Crippen MR) is 64.4 cm³/mol. The Morgan fingerprint density at radius 2 is 2.00 bits per heavy atom. The van der Waals surface area contributed by atoms with Crippen molar-refractivity contribution in [3.8, 4) is 6.07 Å². The minimum absolute atomic E-state index is 0.0479. The molecule has 0 aliphatic carbocycles. The highest BCUT2D eigenvalue weighted by Crippen LogP contribution is 2.29. The van der Waals surface area contributed by atoms with Crippen molar-refractivity contribution in [2.24, 2.45) is 5.41 Å². The molecule has 0 bridgehead atoms. The molecule has 0 saturated carbocycles. The predicted octanol–water partition coefficient (Wildman–Crippen LogP) is -0.0987. The van der Waals surface area contributed by atoms with Crippen LogP contribution in [0, 0.1) is 16.7 Å². The topological polar surface area (TPSA) is 82.4 Å². The third-order valence-corrected chi connectivity index (χ3v) is 3.12. The van der Waals surface area contributed by atoms with E-state index in [0.29, 0.717) is 26.1 Å². The summed E-state index contributed by atoms with van der Waals surface area (Å²) in [5.74, 6) is -0.340. The van der Waals surface area contributed by atoms with Crippen LogP contribution < -0.4 is 5.32 Å². The number of hydrogen-bond acceptors (Lipinski definition) is 4. The maximum Gasteiger partial charge on any atom is 0.240 e. The molecule has 1 heterocycles. The van der Waals surface area contributed by atoms with Gasteiger partial charge >= 0.3 is 0 Å². The molecule has 0 atom stereocenters. The van der Waals surface area contributed by atoms with E-state index in [1.54, 1.807) is 14.1 Å². The van der Waals surface area contributed by atoms with Crippen molar-refractivity contribution in [3.05, 3.63) is 0 Å². The van der Waals surface area contributed by atoms with Gasteiger partial charge in [0.1, 0.15) is 5.41 Å². The van der Waals surface area contributed by atoms with Gasteiger partial charge in [0.2, 0.25) is 11.8 Å². The zero-order valence-corrected chi connectivity index (χ0v) is 10.9. The van der Waals surface area contributed by atoms with Gasteiger partial charge in [0.05, 0.1) is 6.07 Å². The molecule has 6 heteroatoms. The van der Waals surface area contributed by atoms with Crippen LogP contribution in [0.1, 0.15) is 19.3 Å². The fourth-order valence-corrected chi connectivity index (χ4v) is 1.79. The maximum absolute atomic E-state index is 12.0. The minimum Gasteiger partial charge on any atom is -0.381 e. The summed E-state index contributed by atoms with van der Waals surface area (Å²) in [7, 11) is 3.33. The van der Waals surface area contributed by atoms with Crippen molar-refractivity contribution >= 4 is 11.8 Å². The Kier molecular flexibility index (Phi) is 5.10. The van der Waals surface area contributed by atoms with E-state index >= 15 is 0 Å². The third-order valence-electron chi connectivity index (χ3n) is 3.12. The standard InChI is InChI=1S/C12H19N3O3/c1-15(2)10(16)3-6-14-11(17)12(9-13)4-7-18-8-5-12/h3-8H2,1-2H3,(H,14,17). The van der Waals surface area contributed by atoms with E-state index < -0.39 is 5.41 Å². The molecule has 1 aliphatic heterocycles. The summed E-state index contributed by atoms with van der Waals surface area (Å²) in [6, 6.07) is 2.09. The van der Waals surface area contributed by atoms with Crippen molar-refractivity contribution in [2.45, 2.75) is 19.3 Å². The zero-order valence-electron chi connectivity index (χ0n) is 10.9. The molecule has 2 amide bonds. The number of hydrogen-bond donors (Lipinski definition) is 1. The van der Waals surface area contributed by atoms with Crippen LogP contribution in [0.3, 0.4) is 0 Å². The van der Waals surface area contributed by atoms with Gasteiger partial charge in [0, 0.05) is 40.3 Å². The quantitative estimate of drug-likeness (QED) is 0.758. The molecule has 0 aromatic heterocycles. The van der Waals surface area contributed by atoms with Crippen LogP contribution in [0.5, 0.6) is 0 Å². The molecule has 0 unspecified atom stereocenters. The number of ether oxygens (including phenoxy) is 1. The van der Waals surface area contributed by atoms with Gasteiger partial charge in [-0.2, -0.15) is 5.26 Å². The molecule has 18 heavy (non-hydrogen) atoms. The molecule has 1 saturated heterocycles. The van der Waals surface area contributed by atoms with Gasteiger partial charge in [0.15, 0.2) is 0 Å². The number of nitriles is 1. The Morgan fingerprint density at radius 3 is 2.50 bits per heavy atom. The first-order valence-corrected chi connectivity index (χ1v) is 5.99. The van der Waals surface area contributed by atoms with E-state index in [1.165, 1.54) is 4.90 Å². The average Bonchev–Trinajstić information content (AvgIpc) is 2.39. The van der Waals surface area contributed by atoms with E-state index in [2.05, 4.69) is 11.4 Å². The highest BCUT2D eigenvalue weighted by Gasteiger charge is 2.40. The normalized spacial score (nSPS) is 17.6. The molecule has 1 rings (SSSR count). The van der Waals surface area contributed by atoms with E-state index in [1.807, 2.05) is 0 Å². The molecular formula is C12H19N3O3. The lowest BCUT2D eigenvalue weighted by Crippen LogP contribution is -2.44. The number of carbonyl (C=O) groups is 2. The van der Waals surface area contributed by atoms with E-state index in [-0.39, 0.29) is 24.8 Å². The van der Waals surface area contributed by atoms with Crippen LogP contribution in [0.25, 0.3) is 0 Å². The van der Waals surface area contributed by atoms with Gasteiger partial charge in [-0.1, -0.05) is 0 Å². The first-order chi connectivity index (χ1) is 8.52. The monoisotopic (exact) mass is 253 g/mol. The molecule has 0 radical (unpaired) electrons. The Morgan fingerprint density at radius 1 is 1.39 bits per heavy atom. The third kappa shape index (κ3) is 3.44. The number of nitrogens with one attached hydrogen (secondary N) is 1. The molecule has 0 spiro atoms. The zero-order chi connectivity index (χ0) is 13.6. The number of amides is 2. The fourth-order valence-electron chi connectivity index (χ4n) is 1.79. The Bertz CT molecular complexity index is 354. The van der Waals surface area contributed by atoms with Gasteiger partial charge in [-0.05, 0) is 12.8 Å². The van der Waals surface area contributed by atoms with E-state index in [9.17, 15) is 9.59 Å². The summed E-state index contributed by atoms with van der Waals surface area (Å²) < 4.78 is 5.16. The van der Waals surface area contributed by atoms with Crippen LogP contribution >= 0.6 is 0 Å². The average molecular weight is 253 g/mol. The summed E-state index contributed by atoms with van der Waals surface area (Å²) in [6.45, 7) is 1.12. The molecule has 1 aliphatic rings. The minimum atomic E-state index is -0.987. The maximum atomic E-state index is 12.0. The van der Waals surface area contributed by atoms with Gasteiger partial charge in [-0.25, -0.2) is 0 Å². The van der Waals surface area contributed by atoms with Crippen molar-refractivity contribution in [1.82, 2.24) is 10.2 Å². The Labute approximate surface area is 107 Å². The molecular weight excluding hydrogens is 234 g/mol. The summed E-state index contributed by atoms with van der Waals surface area (Å²) in [4.78, 5) is 24.8. The summed E-state index contributed by atoms with van der Waals surface area (Å²) in [6.07, 6.45) is 1.07. The second-order valence-electron chi connectivity index (χ2n) is 4.60. The lowest BCUT2D eigenvalue weighted by atomic mass is 9.81. The van der Waals surface area contributed by atoms with Gasteiger partial charge in [0.25, 0.3) is 0 Å². The highest BCUT2D eigenvalue weighted by molar-refractivity contribution is 5.86. The Hall–Kier alpha value is -1.61. The van der Waals surface area contributed by atoms with E-state index in [0.717, 1.165) is 0 Å². The molecule has 100 valence electrons. The van der Waals surface area contributed by atoms with Crippen LogP contribution in [0.4, 0.5) is 0 Å². The summed E-state index contributed by atoms with van der Waals surface area (Å²) in [5.41, 5.74) is -0.987. The Balaban J connectivity index is 2.44.